The zero-order valence-corrected chi connectivity index (χ0v) is 9.62. The molecule has 2 aliphatic rings. The van der Waals surface area contributed by atoms with Gasteiger partial charge in [0.2, 0.25) is 0 Å². The summed E-state index contributed by atoms with van der Waals surface area (Å²) in [6.45, 7) is 2.36. The fraction of sp³-hybridized carbons (Fsp3) is 1.00. The molecule has 5 nitrogen and oxygen atoms in total. The van der Waals surface area contributed by atoms with Crippen molar-refractivity contribution in [3.05, 3.63) is 0 Å². The van der Waals surface area contributed by atoms with E-state index < -0.39 is 10.3 Å². The van der Waals surface area contributed by atoms with Gasteiger partial charge in [0.25, 0.3) is 0 Å². The van der Waals surface area contributed by atoms with Gasteiger partial charge >= 0.3 is 10.3 Å². The predicted molar refractivity (Wildman–Crippen MR) is 57.0 cm³/mol. The molecule has 0 unspecified atom stereocenters. The van der Waals surface area contributed by atoms with Gasteiger partial charge in [0.15, 0.2) is 0 Å². The van der Waals surface area contributed by atoms with E-state index in [0.29, 0.717) is 19.1 Å². The summed E-state index contributed by atoms with van der Waals surface area (Å²) in [5.74, 6) is 0. The number of piperazine rings is 1. The Morgan fingerprint density at radius 3 is 2.00 bits per heavy atom. The Morgan fingerprint density at radius 1 is 1.00 bits per heavy atom. The second-order valence-corrected chi connectivity index (χ2v) is 5.76. The van der Waals surface area contributed by atoms with Gasteiger partial charge in [-0.2, -0.15) is 12.7 Å². The molecule has 0 aromatic rings. The third kappa shape index (κ3) is 2.69. The molecule has 0 aromatic heterocycles. The summed E-state index contributed by atoms with van der Waals surface area (Å²) in [4.78, 5) is 2.36. The van der Waals surface area contributed by atoms with Crippen molar-refractivity contribution in [3.63, 3.8) is 0 Å². The van der Waals surface area contributed by atoms with E-state index in [0.717, 1.165) is 17.4 Å². The summed E-state index contributed by atoms with van der Waals surface area (Å²) in [5.41, 5.74) is 0. The summed E-state index contributed by atoms with van der Waals surface area (Å²) >= 11 is 0. The highest BCUT2D eigenvalue weighted by molar-refractivity contribution is 7.83. The fourth-order valence-corrected chi connectivity index (χ4v) is 3.19. The maximum Gasteiger partial charge on any atom is 0.335 e. The van der Waals surface area contributed by atoms with Gasteiger partial charge in [0, 0.05) is 32.2 Å². The third-order valence-electron chi connectivity index (χ3n) is 3.44. The Labute approximate surface area is 90.9 Å². The van der Waals surface area contributed by atoms with Crippen molar-refractivity contribution in [2.45, 2.75) is 31.7 Å². The largest absolute Gasteiger partial charge is 0.335 e. The Bertz CT molecular complexity index is 303. The SMILES string of the molecule is O=S(=O)(O)N1CCN(C2CCCC2)CC1. The number of rotatable bonds is 2. The van der Waals surface area contributed by atoms with Gasteiger partial charge in [-0.1, -0.05) is 12.8 Å². The van der Waals surface area contributed by atoms with E-state index in [9.17, 15) is 8.42 Å². The molecule has 0 radical (unpaired) electrons. The maximum atomic E-state index is 10.9. The van der Waals surface area contributed by atoms with Crippen LogP contribution in [-0.2, 0) is 10.3 Å². The first kappa shape index (κ1) is 11.3. The molecule has 0 aromatic carbocycles. The number of hydrogen-bond acceptors (Lipinski definition) is 3. The molecule has 1 heterocycles. The highest BCUT2D eigenvalue weighted by Crippen LogP contribution is 2.24. The monoisotopic (exact) mass is 234 g/mol. The summed E-state index contributed by atoms with van der Waals surface area (Å²) < 4.78 is 31.8. The molecule has 1 aliphatic heterocycles. The second kappa shape index (κ2) is 4.37. The van der Waals surface area contributed by atoms with Crippen molar-refractivity contribution in [2.24, 2.45) is 0 Å². The summed E-state index contributed by atoms with van der Waals surface area (Å²) in [7, 11) is -3.97. The van der Waals surface area contributed by atoms with Crippen molar-refractivity contribution < 1.29 is 13.0 Å². The van der Waals surface area contributed by atoms with Gasteiger partial charge in [-0.25, -0.2) is 0 Å². The first-order valence-corrected chi connectivity index (χ1v) is 6.94. The molecule has 0 bridgehead atoms. The van der Waals surface area contributed by atoms with Gasteiger partial charge in [-0.3, -0.25) is 9.45 Å². The van der Waals surface area contributed by atoms with Crippen LogP contribution in [0.4, 0.5) is 0 Å². The fourth-order valence-electron chi connectivity index (χ4n) is 2.57. The van der Waals surface area contributed by atoms with Gasteiger partial charge in [0.05, 0.1) is 0 Å². The number of nitrogens with zero attached hydrogens (tertiary/aromatic N) is 2. The minimum atomic E-state index is -3.97. The molecule has 6 heteroatoms. The minimum absolute atomic E-state index is 0.426. The van der Waals surface area contributed by atoms with Crippen molar-refractivity contribution in [2.75, 3.05) is 26.2 Å². The normalized spacial score (nSPS) is 27.3. The third-order valence-corrected chi connectivity index (χ3v) is 4.46. The average Bonchev–Trinajstić information content (AvgIpc) is 2.69. The van der Waals surface area contributed by atoms with Gasteiger partial charge in [-0.05, 0) is 12.8 Å². The first-order valence-electron chi connectivity index (χ1n) is 5.54. The van der Waals surface area contributed by atoms with Crippen LogP contribution in [0.15, 0.2) is 0 Å². The zero-order chi connectivity index (χ0) is 10.9. The lowest BCUT2D eigenvalue weighted by Gasteiger charge is -2.36. The summed E-state index contributed by atoms with van der Waals surface area (Å²) in [5, 5.41) is 0. The second-order valence-electron chi connectivity index (χ2n) is 4.35. The van der Waals surface area contributed by atoms with Crippen molar-refractivity contribution >= 4 is 10.3 Å². The van der Waals surface area contributed by atoms with Crippen LogP contribution in [-0.4, -0.2) is 54.4 Å². The molecule has 0 atom stereocenters. The van der Waals surface area contributed by atoms with E-state index in [-0.39, 0.29) is 0 Å². The van der Waals surface area contributed by atoms with Gasteiger partial charge in [0.1, 0.15) is 0 Å². The van der Waals surface area contributed by atoms with E-state index in [1.165, 1.54) is 25.7 Å². The van der Waals surface area contributed by atoms with Crippen molar-refractivity contribution in [3.8, 4) is 0 Å². The molecule has 88 valence electrons. The molecular weight excluding hydrogens is 216 g/mol. The molecule has 2 rings (SSSR count). The van der Waals surface area contributed by atoms with Gasteiger partial charge < -0.3 is 0 Å². The van der Waals surface area contributed by atoms with Crippen LogP contribution in [0.3, 0.4) is 0 Å². The molecule has 1 saturated heterocycles. The number of hydrogen-bond donors (Lipinski definition) is 1. The van der Waals surface area contributed by atoms with Crippen molar-refractivity contribution in [1.82, 2.24) is 9.21 Å². The van der Waals surface area contributed by atoms with Crippen LogP contribution in [0.2, 0.25) is 0 Å². The van der Waals surface area contributed by atoms with Gasteiger partial charge in [-0.15, -0.1) is 0 Å². The molecule has 15 heavy (non-hydrogen) atoms. The molecule has 1 aliphatic carbocycles. The lowest BCUT2D eigenvalue weighted by atomic mass is 10.2. The highest BCUT2D eigenvalue weighted by Gasteiger charge is 2.29. The summed E-state index contributed by atoms with van der Waals surface area (Å²) in [6, 6.07) is 0.647. The average molecular weight is 234 g/mol. The molecular formula is C9H18N2O3S. The lowest BCUT2D eigenvalue weighted by molar-refractivity contribution is 0.134. The molecule has 2 fully saturated rings. The molecule has 1 saturated carbocycles. The van der Waals surface area contributed by atoms with Crippen LogP contribution in [0.25, 0.3) is 0 Å². The van der Waals surface area contributed by atoms with Crippen LogP contribution in [0.1, 0.15) is 25.7 Å². The predicted octanol–water partition coefficient (Wildman–Crippen LogP) is 0.349. The van der Waals surface area contributed by atoms with Crippen LogP contribution in [0.5, 0.6) is 0 Å². The minimum Gasteiger partial charge on any atom is -0.298 e. The Balaban J connectivity index is 1.86. The van der Waals surface area contributed by atoms with E-state index in [1.54, 1.807) is 0 Å². The quantitative estimate of drug-likeness (QED) is 0.700. The smallest absolute Gasteiger partial charge is 0.298 e. The lowest BCUT2D eigenvalue weighted by Crippen LogP contribution is -2.51. The van der Waals surface area contributed by atoms with E-state index in [4.69, 9.17) is 4.55 Å². The Hall–Kier alpha value is -0.170. The molecule has 0 amide bonds. The topological polar surface area (TPSA) is 60.9 Å². The molecule has 0 spiro atoms. The van der Waals surface area contributed by atoms with E-state index in [2.05, 4.69) is 4.90 Å². The Morgan fingerprint density at radius 2 is 1.53 bits per heavy atom. The van der Waals surface area contributed by atoms with Crippen molar-refractivity contribution in [1.29, 1.82) is 0 Å². The van der Waals surface area contributed by atoms with Crippen LogP contribution < -0.4 is 0 Å². The summed E-state index contributed by atoms with van der Waals surface area (Å²) in [6.07, 6.45) is 5.07. The maximum absolute atomic E-state index is 10.9. The standard InChI is InChI=1S/C9H18N2O3S/c12-15(13,14)11-7-5-10(6-8-11)9-3-1-2-4-9/h9H,1-8H2,(H,12,13,14). The highest BCUT2D eigenvalue weighted by atomic mass is 32.2. The first-order chi connectivity index (χ1) is 7.07. The van der Waals surface area contributed by atoms with E-state index >= 15 is 0 Å². The molecule has 1 N–H and O–H groups in total. The van der Waals surface area contributed by atoms with E-state index in [1.807, 2.05) is 0 Å². The van der Waals surface area contributed by atoms with Crippen LogP contribution >= 0.6 is 0 Å². The Kier molecular flexibility index (Phi) is 3.30. The van der Waals surface area contributed by atoms with Crippen LogP contribution in [0, 0.1) is 0 Å². The zero-order valence-electron chi connectivity index (χ0n) is 8.80.